The molecular formula is C22H23N3O2. The topological polar surface area (TPSA) is 48.7 Å². The molecule has 0 aliphatic carbocycles. The van der Waals surface area contributed by atoms with Gasteiger partial charge in [0, 0.05) is 44.1 Å². The van der Waals surface area contributed by atoms with Crippen LogP contribution in [0.1, 0.15) is 15.9 Å². The third kappa shape index (κ3) is 4.38. The van der Waals surface area contributed by atoms with Crippen LogP contribution in [0.4, 0.5) is 11.4 Å². The summed E-state index contributed by atoms with van der Waals surface area (Å²) in [5.74, 6) is -0.161. The Morgan fingerprint density at radius 3 is 2.33 bits per heavy atom. The molecule has 2 heterocycles. The predicted octanol–water partition coefficient (Wildman–Crippen LogP) is 3.85. The molecule has 27 heavy (non-hydrogen) atoms. The van der Waals surface area contributed by atoms with Crippen LogP contribution >= 0.6 is 0 Å². The Hall–Kier alpha value is -3.05. The fourth-order valence-electron chi connectivity index (χ4n) is 3.36. The lowest BCUT2D eigenvalue weighted by Crippen LogP contribution is -2.45. The van der Waals surface area contributed by atoms with E-state index >= 15 is 0 Å². The third-order valence-electron chi connectivity index (χ3n) is 4.89. The molecule has 1 N–H and O–H groups in total. The molecule has 4 rings (SSSR count). The summed E-state index contributed by atoms with van der Waals surface area (Å²) in [6, 6.07) is 20.3. The van der Waals surface area contributed by atoms with E-state index in [4.69, 9.17) is 4.42 Å². The van der Waals surface area contributed by atoms with Crippen LogP contribution in [0.25, 0.3) is 0 Å². The highest BCUT2D eigenvalue weighted by Crippen LogP contribution is 2.20. The normalized spacial score (nSPS) is 14.9. The van der Waals surface area contributed by atoms with E-state index in [-0.39, 0.29) is 5.91 Å². The molecule has 1 fully saturated rings. The number of carbonyl (C=O) groups is 1. The average Bonchev–Trinajstić information content (AvgIpc) is 3.25. The molecule has 5 nitrogen and oxygen atoms in total. The van der Waals surface area contributed by atoms with Crippen molar-refractivity contribution in [2.45, 2.75) is 6.54 Å². The first-order valence-electron chi connectivity index (χ1n) is 9.23. The quantitative estimate of drug-likeness (QED) is 0.750. The number of benzene rings is 2. The molecule has 0 bridgehead atoms. The van der Waals surface area contributed by atoms with E-state index in [2.05, 4.69) is 57.6 Å². The second-order valence-electron chi connectivity index (χ2n) is 6.76. The molecule has 1 saturated heterocycles. The first kappa shape index (κ1) is 17.4. The van der Waals surface area contributed by atoms with Gasteiger partial charge in [-0.25, -0.2) is 0 Å². The molecule has 5 heteroatoms. The van der Waals surface area contributed by atoms with Crippen LogP contribution in [0.5, 0.6) is 0 Å². The van der Waals surface area contributed by atoms with Crippen LogP contribution in [0.15, 0.2) is 77.6 Å². The van der Waals surface area contributed by atoms with E-state index in [1.807, 2.05) is 12.1 Å². The highest BCUT2D eigenvalue weighted by molar-refractivity contribution is 6.04. The lowest BCUT2D eigenvalue weighted by molar-refractivity contribution is 0.102. The van der Waals surface area contributed by atoms with Gasteiger partial charge in [0.2, 0.25) is 0 Å². The van der Waals surface area contributed by atoms with Crippen LogP contribution in [0.3, 0.4) is 0 Å². The van der Waals surface area contributed by atoms with Crippen molar-refractivity contribution in [3.63, 3.8) is 0 Å². The summed E-state index contributed by atoms with van der Waals surface area (Å²) in [5, 5.41) is 2.88. The molecule has 1 aromatic heterocycles. The standard InChI is InChI=1S/C22H23N3O2/c26-22(19-10-15-27-17-19)23-20-6-8-21(9-7-20)25-13-11-24(12-14-25)16-18-4-2-1-3-5-18/h1-10,15,17H,11-14,16H2,(H,23,26). The van der Waals surface area contributed by atoms with Crippen molar-refractivity contribution >= 4 is 17.3 Å². The van der Waals surface area contributed by atoms with E-state index in [0.29, 0.717) is 5.56 Å². The van der Waals surface area contributed by atoms with Crippen molar-refractivity contribution in [2.24, 2.45) is 0 Å². The Bertz CT molecular complexity index is 852. The molecular weight excluding hydrogens is 338 g/mol. The van der Waals surface area contributed by atoms with Crippen LogP contribution in [0.2, 0.25) is 0 Å². The average molecular weight is 361 g/mol. The first-order valence-corrected chi connectivity index (χ1v) is 9.23. The second-order valence-corrected chi connectivity index (χ2v) is 6.76. The van der Waals surface area contributed by atoms with Crippen molar-refractivity contribution in [2.75, 3.05) is 36.4 Å². The fraction of sp³-hybridized carbons (Fsp3) is 0.227. The minimum Gasteiger partial charge on any atom is -0.472 e. The number of hydrogen-bond donors (Lipinski definition) is 1. The molecule has 0 unspecified atom stereocenters. The zero-order valence-electron chi connectivity index (χ0n) is 15.2. The number of hydrogen-bond acceptors (Lipinski definition) is 4. The number of carbonyl (C=O) groups excluding carboxylic acids is 1. The largest absolute Gasteiger partial charge is 0.472 e. The molecule has 0 atom stereocenters. The van der Waals surface area contributed by atoms with Crippen molar-refractivity contribution in [3.8, 4) is 0 Å². The molecule has 138 valence electrons. The molecule has 3 aromatic rings. The van der Waals surface area contributed by atoms with E-state index in [9.17, 15) is 4.79 Å². The van der Waals surface area contributed by atoms with Gasteiger partial charge in [0.25, 0.3) is 5.91 Å². The van der Waals surface area contributed by atoms with E-state index in [1.165, 1.54) is 23.8 Å². The van der Waals surface area contributed by atoms with E-state index < -0.39 is 0 Å². The van der Waals surface area contributed by atoms with Crippen molar-refractivity contribution in [1.82, 2.24) is 4.90 Å². The second kappa shape index (κ2) is 8.10. The number of piperazine rings is 1. The minimum absolute atomic E-state index is 0.161. The summed E-state index contributed by atoms with van der Waals surface area (Å²) in [6.07, 6.45) is 2.94. The van der Waals surface area contributed by atoms with Crippen molar-refractivity contribution in [1.29, 1.82) is 0 Å². The van der Waals surface area contributed by atoms with Crippen LogP contribution in [-0.2, 0) is 6.54 Å². The molecule has 1 amide bonds. The monoisotopic (exact) mass is 361 g/mol. The zero-order valence-corrected chi connectivity index (χ0v) is 15.2. The highest BCUT2D eigenvalue weighted by atomic mass is 16.3. The molecule has 0 saturated carbocycles. The number of rotatable bonds is 5. The van der Waals surface area contributed by atoms with Crippen LogP contribution in [0, 0.1) is 0 Å². The van der Waals surface area contributed by atoms with Gasteiger partial charge in [-0.2, -0.15) is 0 Å². The van der Waals surface area contributed by atoms with E-state index in [0.717, 1.165) is 38.4 Å². The Balaban J connectivity index is 1.30. The predicted molar refractivity (Wildman–Crippen MR) is 107 cm³/mol. The number of nitrogens with zero attached hydrogens (tertiary/aromatic N) is 2. The van der Waals surface area contributed by atoms with Gasteiger partial charge < -0.3 is 14.6 Å². The van der Waals surface area contributed by atoms with Gasteiger partial charge in [-0.15, -0.1) is 0 Å². The summed E-state index contributed by atoms with van der Waals surface area (Å²) in [6.45, 7) is 5.12. The molecule has 2 aromatic carbocycles. The summed E-state index contributed by atoms with van der Waals surface area (Å²) in [7, 11) is 0. The third-order valence-corrected chi connectivity index (χ3v) is 4.89. The summed E-state index contributed by atoms with van der Waals surface area (Å²) >= 11 is 0. The van der Waals surface area contributed by atoms with Gasteiger partial charge in [-0.05, 0) is 35.9 Å². The Morgan fingerprint density at radius 2 is 1.67 bits per heavy atom. The van der Waals surface area contributed by atoms with Crippen LogP contribution in [-0.4, -0.2) is 37.0 Å². The Labute approximate surface area is 159 Å². The number of nitrogens with one attached hydrogen (secondary N) is 1. The van der Waals surface area contributed by atoms with Gasteiger partial charge in [-0.1, -0.05) is 30.3 Å². The fourth-order valence-corrected chi connectivity index (χ4v) is 3.36. The zero-order chi connectivity index (χ0) is 18.5. The van der Waals surface area contributed by atoms with Gasteiger partial charge in [0.15, 0.2) is 0 Å². The number of anilines is 2. The Kier molecular flexibility index (Phi) is 5.21. The van der Waals surface area contributed by atoms with Gasteiger partial charge in [0.1, 0.15) is 6.26 Å². The summed E-state index contributed by atoms with van der Waals surface area (Å²) in [5.41, 5.74) is 3.86. The highest BCUT2D eigenvalue weighted by Gasteiger charge is 2.17. The summed E-state index contributed by atoms with van der Waals surface area (Å²) < 4.78 is 4.95. The van der Waals surface area contributed by atoms with Gasteiger partial charge in [0.05, 0.1) is 11.8 Å². The van der Waals surface area contributed by atoms with Crippen LogP contribution < -0.4 is 10.2 Å². The van der Waals surface area contributed by atoms with Gasteiger partial charge >= 0.3 is 0 Å². The van der Waals surface area contributed by atoms with Crippen molar-refractivity contribution < 1.29 is 9.21 Å². The van der Waals surface area contributed by atoms with Gasteiger partial charge in [-0.3, -0.25) is 9.69 Å². The molecule has 1 aliphatic heterocycles. The number of furan rings is 1. The lowest BCUT2D eigenvalue weighted by atomic mass is 10.2. The molecule has 0 spiro atoms. The van der Waals surface area contributed by atoms with E-state index in [1.54, 1.807) is 6.07 Å². The maximum Gasteiger partial charge on any atom is 0.258 e. The summed E-state index contributed by atoms with van der Waals surface area (Å²) in [4.78, 5) is 16.9. The molecule has 1 aliphatic rings. The van der Waals surface area contributed by atoms with Crippen molar-refractivity contribution in [3.05, 3.63) is 84.3 Å². The molecule has 0 radical (unpaired) electrons. The maximum atomic E-state index is 12.1. The maximum absolute atomic E-state index is 12.1. The SMILES string of the molecule is O=C(Nc1ccc(N2CCN(Cc3ccccc3)CC2)cc1)c1ccoc1. The Morgan fingerprint density at radius 1 is 0.926 bits per heavy atom. The smallest absolute Gasteiger partial charge is 0.258 e. The number of amides is 1. The minimum atomic E-state index is -0.161. The first-order chi connectivity index (χ1) is 13.3. The lowest BCUT2D eigenvalue weighted by Gasteiger charge is -2.36.